The number of ether oxygens (including phenoxy) is 2. The van der Waals surface area contributed by atoms with E-state index in [1.165, 1.54) is 0 Å². The molecular weight excluding hydrogens is 230 g/mol. The highest BCUT2D eigenvalue weighted by atomic mass is 16.6. The van der Waals surface area contributed by atoms with Gasteiger partial charge >= 0.3 is 18.0 Å². The molecule has 0 aromatic rings. The third kappa shape index (κ3) is 6.39. The Bertz CT molecular complexity index is 317. The molecule has 0 aliphatic rings. The molecule has 2 N–H and O–H groups in total. The van der Waals surface area contributed by atoms with Crippen molar-refractivity contribution in [2.24, 2.45) is 5.41 Å². The maximum atomic E-state index is 11.5. The monoisotopic (exact) mass is 249 g/mol. The third-order valence-electron chi connectivity index (χ3n) is 2.21. The maximum Gasteiger partial charge on any atom is 0.407 e. The van der Waals surface area contributed by atoms with E-state index in [2.05, 4.69) is 9.85 Å². The zero-order valence-corrected chi connectivity index (χ0v) is 10.1. The molecule has 0 aliphatic heterocycles. The molecule has 0 aromatic carbocycles. The fourth-order valence-electron chi connectivity index (χ4n) is 0.681. The summed E-state index contributed by atoms with van der Waals surface area (Å²) < 4.78 is 15.4. The van der Waals surface area contributed by atoms with Crippen LogP contribution in [0.1, 0.15) is 27.2 Å². The Balaban J connectivity index is 3.84. The van der Waals surface area contributed by atoms with Gasteiger partial charge in [-0.15, -0.1) is 0 Å². The lowest BCUT2D eigenvalue weighted by Gasteiger charge is -2.19. The Morgan fingerprint density at radius 3 is 2.53 bits per heavy atom. The van der Waals surface area contributed by atoms with Crippen LogP contribution in [0.5, 0.6) is 0 Å². The van der Waals surface area contributed by atoms with E-state index in [0.29, 0.717) is 6.42 Å². The van der Waals surface area contributed by atoms with Crippen LogP contribution in [0, 0.1) is 5.41 Å². The molecule has 7 heteroatoms. The number of esters is 2. The second-order valence-corrected chi connectivity index (χ2v) is 3.94. The number of nitrogens with one attached hydrogen (secondary N) is 1. The van der Waals surface area contributed by atoms with Crippen LogP contribution in [0.15, 0.2) is 0 Å². The van der Waals surface area contributed by atoms with Crippen molar-refractivity contribution in [3.8, 4) is 0 Å². The lowest BCUT2D eigenvalue weighted by molar-refractivity contribution is -0.164. The number of hydrogen-bond acceptors (Lipinski definition) is 6. The van der Waals surface area contributed by atoms with Crippen LogP contribution in [0.2, 0.25) is 0 Å². The molecular formula is C10H17NO6. The van der Waals surface area contributed by atoms with Gasteiger partial charge in [-0.25, -0.2) is 9.59 Å². The van der Waals surface area contributed by atoms with E-state index in [-0.39, 0.29) is 0 Å². The second kappa shape index (κ2) is 6.72. The van der Waals surface area contributed by atoms with E-state index in [1.807, 2.05) is 12.2 Å². The number of carbonyl (C=O) groups is 3. The predicted octanol–water partition coefficient (Wildman–Crippen LogP) is 0.734. The van der Waals surface area contributed by atoms with Crippen LogP contribution in [0.4, 0.5) is 4.79 Å². The average Bonchev–Trinajstić information content (AvgIpc) is 2.35. The third-order valence-corrected chi connectivity index (χ3v) is 2.21. The molecule has 0 aromatic heterocycles. The number of carboxylic acid groups (broad SMARTS) is 1. The molecule has 0 radical (unpaired) electrons. The van der Waals surface area contributed by atoms with Crippen molar-refractivity contribution >= 4 is 18.0 Å². The number of hydrogen-bond donors (Lipinski definition) is 2. The normalized spacial score (nSPS) is 11.1. The standard InChI is InChI=1S/C10H17NO6/c1-4-10(2,3)8(13)16-5-7(12)17-6-11-9(14)15/h11H,4-6H2,1-3H3,(H,14,15)/i/hT. The summed E-state index contributed by atoms with van der Waals surface area (Å²) in [6.45, 7) is 4.25. The Labute approximate surface area is 101 Å². The van der Waals surface area contributed by atoms with E-state index in [0.717, 1.165) is 0 Å². The zero-order valence-electron chi connectivity index (χ0n) is 11.1. The summed E-state index contributed by atoms with van der Waals surface area (Å²) in [5.41, 5.74) is -0.659. The molecule has 0 heterocycles. The number of amides is 1. The molecule has 0 unspecified atom stereocenters. The van der Waals surface area contributed by atoms with Gasteiger partial charge in [0.25, 0.3) is 1.43 Å². The van der Waals surface area contributed by atoms with Gasteiger partial charge in [0.1, 0.15) is 0 Å². The number of rotatable bonds is 6. The van der Waals surface area contributed by atoms with Gasteiger partial charge in [-0.3, -0.25) is 10.1 Å². The molecule has 0 saturated heterocycles. The SMILES string of the molecule is [3H]OC(=O)NCOC(=O)COC(=O)C(C)(C)CC. The summed E-state index contributed by atoms with van der Waals surface area (Å²) in [5.74, 6) is -1.30. The summed E-state index contributed by atoms with van der Waals surface area (Å²) in [4.78, 5) is 33.0. The van der Waals surface area contributed by atoms with Crippen molar-refractivity contribution < 1.29 is 29.0 Å². The maximum absolute atomic E-state index is 11.5. The minimum atomic E-state index is -1.05. The van der Waals surface area contributed by atoms with Gasteiger partial charge in [0, 0.05) is 0 Å². The largest absolute Gasteiger partial charge is 0.465 e. The molecule has 0 spiro atoms. The van der Waals surface area contributed by atoms with E-state index >= 15 is 0 Å². The average molecular weight is 249 g/mol. The molecule has 0 saturated carbocycles. The molecule has 98 valence electrons. The summed E-state index contributed by atoms with van der Waals surface area (Å²) >= 11 is 0. The number of carbonyl (C=O) groups excluding carboxylic acids is 2. The predicted molar refractivity (Wildman–Crippen MR) is 57.2 cm³/mol. The van der Waals surface area contributed by atoms with Crippen LogP contribution >= 0.6 is 0 Å². The molecule has 1 amide bonds. The molecule has 0 atom stereocenters. The highest BCUT2D eigenvalue weighted by Gasteiger charge is 2.27. The van der Waals surface area contributed by atoms with Crippen molar-refractivity contribution in [3.63, 3.8) is 0 Å². The van der Waals surface area contributed by atoms with Crippen LogP contribution in [0.3, 0.4) is 0 Å². The van der Waals surface area contributed by atoms with Crippen LogP contribution < -0.4 is 5.32 Å². The highest BCUT2D eigenvalue weighted by Crippen LogP contribution is 2.21. The Kier molecular flexibility index (Phi) is 5.25. The first-order valence-electron chi connectivity index (χ1n) is 5.48. The van der Waals surface area contributed by atoms with Crippen molar-refractivity contribution in [1.29, 1.82) is 1.43 Å². The smallest absolute Gasteiger partial charge is 0.407 e. The van der Waals surface area contributed by atoms with Crippen molar-refractivity contribution in [3.05, 3.63) is 0 Å². The quantitative estimate of drug-likeness (QED) is 0.531. The molecule has 17 heavy (non-hydrogen) atoms. The van der Waals surface area contributed by atoms with E-state index in [4.69, 9.17) is 6.17 Å². The summed E-state index contributed by atoms with van der Waals surface area (Å²) in [7, 11) is 0. The molecule has 0 bridgehead atoms. The summed E-state index contributed by atoms with van der Waals surface area (Å²) in [5, 5.41) is 5.47. The Morgan fingerprint density at radius 2 is 2.00 bits per heavy atom. The molecule has 0 aliphatic carbocycles. The minimum absolute atomic E-state index is 0.453. The van der Waals surface area contributed by atoms with Crippen molar-refractivity contribution in [1.82, 2.24) is 5.32 Å². The van der Waals surface area contributed by atoms with Gasteiger partial charge < -0.3 is 14.6 Å². The lowest BCUT2D eigenvalue weighted by Crippen LogP contribution is -2.30. The fourth-order valence-corrected chi connectivity index (χ4v) is 0.681. The van der Waals surface area contributed by atoms with Gasteiger partial charge in [-0.2, -0.15) is 0 Å². The van der Waals surface area contributed by atoms with E-state index < -0.39 is 36.8 Å². The molecule has 0 fully saturated rings. The van der Waals surface area contributed by atoms with Gasteiger partial charge in [0.15, 0.2) is 13.3 Å². The van der Waals surface area contributed by atoms with Gasteiger partial charge in [0.05, 0.1) is 5.41 Å². The second-order valence-electron chi connectivity index (χ2n) is 3.94. The van der Waals surface area contributed by atoms with E-state index in [9.17, 15) is 14.4 Å². The molecule has 7 nitrogen and oxygen atoms in total. The first-order chi connectivity index (χ1) is 8.33. The van der Waals surface area contributed by atoms with Gasteiger partial charge in [-0.1, -0.05) is 6.92 Å². The lowest BCUT2D eigenvalue weighted by atomic mass is 9.91. The zero-order chi connectivity index (χ0) is 14.2. The Morgan fingerprint density at radius 1 is 1.35 bits per heavy atom. The Hall–Kier alpha value is -1.79. The first-order valence-corrected chi connectivity index (χ1v) is 5.07. The van der Waals surface area contributed by atoms with E-state index in [1.54, 1.807) is 13.8 Å². The summed E-state index contributed by atoms with van der Waals surface area (Å²) in [6, 6.07) is 0. The van der Waals surface area contributed by atoms with Gasteiger partial charge in [-0.05, 0) is 20.3 Å². The fraction of sp³-hybridized carbons (Fsp3) is 0.700. The highest BCUT2D eigenvalue weighted by molar-refractivity contribution is 5.79. The summed E-state index contributed by atoms with van der Waals surface area (Å²) in [6.07, 6.45) is -0.468. The van der Waals surface area contributed by atoms with Crippen molar-refractivity contribution in [2.75, 3.05) is 13.3 Å². The molecule has 0 rings (SSSR count). The first kappa shape index (κ1) is 13.3. The minimum Gasteiger partial charge on any atom is -0.465 e. The van der Waals surface area contributed by atoms with Gasteiger partial charge in [0.2, 0.25) is 0 Å². The van der Waals surface area contributed by atoms with Crippen LogP contribution in [-0.2, 0) is 19.1 Å². The van der Waals surface area contributed by atoms with Crippen LogP contribution in [-0.4, -0.2) is 36.5 Å². The topological polar surface area (TPSA) is 102 Å². The van der Waals surface area contributed by atoms with Crippen LogP contribution in [0.25, 0.3) is 1.43 Å². The van der Waals surface area contributed by atoms with Crippen molar-refractivity contribution in [2.45, 2.75) is 27.2 Å².